The maximum atomic E-state index is 14.3. The zero-order valence-electron chi connectivity index (χ0n) is 16.4. The lowest BCUT2D eigenvalue weighted by atomic mass is 9.97. The smallest absolute Gasteiger partial charge is 0.376 e. The molecule has 166 valence electrons. The summed E-state index contributed by atoms with van der Waals surface area (Å²) in [4.78, 5) is 8.42. The molecule has 0 unspecified atom stereocenters. The van der Waals surface area contributed by atoms with Crippen LogP contribution in [0.2, 0.25) is 0 Å². The molecule has 0 bridgehead atoms. The van der Waals surface area contributed by atoms with Gasteiger partial charge in [-0.15, -0.1) is 0 Å². The van der Waals surface area contributed by atoms with Crippen molar-refractivity contribution < 1.29 is 27.1 Å². The van der Waals surface area contributed by atoms with E-state index in [0.717, 1.165) is 24.4 Å². The Kier molecular flexibility index (Phi) is 5.34. The summed E-state index contributed by atoms with van der Waals surface area (Å²) in [7, 11) is 0. The molecule has 4 heterocycles. The van der Waals surface area contributed by atoms with E-state index in [2.05, 4.69) is 20.6 Å². The van der Waals surface area contributed by atoms with Crippen molar-refractivity contribution in [3.63, 3.8) is 0 Å². The second-order valence-corrected chi connectivity index (χ2v) is 7.67. The van der Waals surface area contributed by atoms with E-state index in [-0.39, 0.29) is 22.9 Å². The third-order valence-corrected chi connectivity index (χ3v) is 5.40. The highest BCUT2D eigenvalue weighted by Crippen LogP contribution is 2.38. The molecule has 1 saturated heterocycles. The number of imidazole rings is 1. The highest BCUT2D eigenvalue weighted by molar-refractivity contribution is 5.62. The number of alkyl halides is 4. The molecule has 3 aromatic rings. The topological polar surface area (TPSA) is 74.5 Å². The average molecular weight is 441 g/mol. The van der Waals surface area contributed by atoms with Crippen LogP contribution in [0.4, 0.5) is 27.8 Å². The summed E-state index contributed by atoms with van der Waals surface area (Å²) in [5.41, 5.74) is -2.89. The third-order valence-electron chi connectivity index (χ3n) is 5.40. The van der Waals surface area contributed by atoms with Gasteiger partial charge in [0.05, 0.1) is 23.6 Å². The Morgan fingerprint density at radius 1 is 1.26 bits per heavy atom. The number of nitrogens with one attached hydrogen (secondary N) is 2. The molecule has 6 nitrogen and oxygen atoms in total. The minimum atomic E-state index is -4.90. The highest BCUT2D eigenvalue weighted by Gasteiger charge is 2.51. The van der Waals surface area contributed by atoms with Gasteiger partial charge in [0.2, 0.25) is 0 Å². The zero-order valence-corrected chi connectivity index (χ0v) is 16.4. The number of piperidine rings is 1. The molecule has 1 aliphatic heterocycles. The Morgan fingerprint density at radius 2 is 2.03 bits per heavy atom. The molecule has 3 aromatic heterocycles. The molecule has 1 fully saturated rings. The lowest BCUT2D eigenvalue weighted by molar-refractivity contribution is -0.259. The molecule has 3 N–H and O–H groups in total. The van der Waals surface area contributed by atoms with Crippen molar-refractivity contribution in [3.05, 3.63) is 48.0 Å². The van der Waals surface area contributed by atoms with Gasteiger partial charge in [-0.2, -0.15) is 13.2 Å². The second kappa shape index (κ2) is 7.72. The largest absolute Gasteiger partial charge is 0.421 e. The van der Waals surface area contributed by atoms with Gasteiger partial charge in [0.1, 0.15) is 23.5 Å². The van der Waals surface area contributed by atoms with E-state index in [1.165, 1.54) is 16.7 Å². The third kappa shape index (κ3) is 4.07. The van der Waals surface area contributed by atoms with E-state index >= 15 is 0 Å². The molecular weight excluding hydrogens is 421 g/mol. The number of pyridine rings is 2. The van der Waals surface area contributed by atoms with Crippen LogP contribution in [0.3, 0.4) is 0 Å². The van der Waals surface area contributed by atoms with Gasteiger partial charge >= 0.3 is 6.18 Å². The van der Waals surface area contributed by atoms with Crippen molar-refractivity contribution in [3.8, 4) is 11.4 Å². The first-order chi connectivity index (χ1) is 14.6. The molecule has 31 heavy (non-hydrogen) atoms. The van der Waals surface area contributed by atoms with Crippen LogP contribution in [-0.2, 0) is 5.60 Å². The Labute approximate surface area is 174 Å². The minimum Gasteiger partial charge on any atom is -0.376 e. The van der Waals surface area contributed by atoms with Crippen molar-refractivity contribution in [2.24, 2.45) is 0 Å². The second-order valence-electron chi connectivity index (χ2n) is 7.67. The maximum Gasteiger partial charge on any atom is 0.421 e. The molecule has 1 aliphatic rings. The maximum absolute atomic E-state index is 14.3. The molecule has 0 radical (unpaired) electrons. The summed E-state index contributed by atoms with van der Waals surface area (Å²) in [5, 5.41) is 15.9. The van der Waals surface area contributed by atoms with Crippen LogP contribution < -0.4 is 10.6 Å². The van der Waals surface area contributed by atoms with Crippen molar-refractivity contribution >= 4 is 11.5 Å². The van der Waals surface area contributed by atoms with E-state index in [1.807, 2.05) is 0 Å². The molecule has 0 aliphatic carbocycles. The van der Waals surface area contributed by atoms with Gasteiger partial charge in [0.25, 0.3) is 0 Å². The van der Waals surface area contributed by atoms with Crippen LogP contribution >= 0.6 is 0 Å². The minimum absolute atomic E-state index is 0.0954. The predicted molar refractivity (Wildman–Crippen MR) is 104 cm³/mol. The van der Waals surface area contributed by atoms with Gasteiger partial charge in [-0.05, 0) is 26.0 Å². The quantitative estimate of drug-likeness (QED) is 0.541. The van der Waals surface area contributed by atoms with Crippen LogP contribution in [0.25, 0.3) is 17.0 Å². The van der Waals surface area contributed by atoms with E-state index in [4.69, 9.17) is 0 Å². The fraction of sp³-hybridized carbons (Fsp3) is 0.400. The zero-order chi connectivity index (χ0) is 22.4. The van der Waals surface area contributed by atoms with Crippen LogP contribution in [0.1, 0.15) is 18.9 Å². The summed E-state index contributed by atoms with van der Waals surface area (Å²) in [6.07, 6.45) is -3.28. The van der Waals surface area contributed by atoms with Crippen LogP contribution in [0.5, 0.6) is 0 Å². The van der Waals surface area contributed by atoms with Crippen molar-refractivity contribution in [1.82, 2.24) is 19.7 Å². The number of halogens is 5. The van der Waals surface area contributed by atoms with Crippen molar-refractivity contribution in [1.29, 1.82) is 0 Å². The van der Waals surface area contributed by atoms with Crippen LogP contribution in [0.15, 0.2) is 36.7 Å². The number of anilines is 1. The number of aliphatic hydroxyl groups is 1. The molecular formula is C20H20F5N5O. The normalized spacial score (nSPS) is 21.8. The number of rotatable bonds is 4. The molecule has 0 aromatic carbocycles. The first-order valence-corrected chi connectivity index (χ1v) is 9.62. The number of nitrogens with zero attached hydrogens (tertiary/aromatic N) is 3. The number of fused-ring (bicyclic) bond motifs is 1. The van der Waals surface area contributed by atoms with E-state index in [9.17, 15) is 27.1 Å². The van der Waals surface area contributed by atoms with Gasteiger partial charge in [-0.1, -0.05) is 6.07 Å². The summed E-state index contributed by atoms with van der Waals surface area (Å²) < 4.78 is 69.4. The molecule has 0 spiro atoms. The lowest BCUT2D eigenvalue weighted by Gasteiger charge is -2.28. The van der Waals surface area contributed by atoms with E-state index in [0.29, 0.717) is 26.4 Å². The molecule has 4 rings (SSSR count). The summed E-state index contributed by atoms with van der Waals surface area (Å²) in [6, 6.07) is 4.08. The monoisotopic (exact) mass is 441 g/mol. The van der Waals surface area contributed by atoms with Gasteiger partial charge in [-0.25, -0.2) is 18.7 Å². The molecule has 3 atom stereocenters. The molecule has 0 saturated carbocycles. The van der Waals surface area contributed by atoms with Crippen LogP contribution in [-0.4, -0.2) is 51.0 Å². The first-order valence-electron chi connectivity index (χ1n) is 9.62. The van der Waals surface area contributed by atoms with Gasteiger partial charge < -0.3 is 15.7 Å². The number of aromatic nitrogens is 3. The summed E-state index contributed by atoms with van der Waals surface area (Å²) in [5.74, 6) is -0.556. The SMILES string of the molecule is C[C@](O)(c1ccc2ncc(-c3cc(F)cc(N[C@H]4CNCC[C@@H]4F)n3)n2c1)C(F)(F)F. The van der Waals surface area contributed by atoms with Gasteiger partial charge in [0, 0.05) is 30.4 Å². The van der Waals surface area contributed by atoms with Gasteiger partial charge in [-0.3, -0.25) is 4.40 Å². The fourth-order valence-electron chi connectivity index (χ4n) is 3.48. The predicted octanol–water partition coefficient (Wildman–Crippen LogP) is 3.42. The van der Waals surface area contributed by atoms with E-state index < -0.39 is 35.4 Å². The number of hydrogen-bond acceptors (Lipinski definition) is 5. The van der Waals surface area contributed by atoms with Gasteiger partial charge in [0.15, 0.2) is 5.60 Å². The fourth-order valence-corrected chi connectivity index (χ4v) is 3.48. The van der Waals surface area contributed by atoms with Crippen molar-refractivity contribution in [2.75, 3.05) is 18.4 Å². The van der Waals surface area contributed by atoms with E-state index in [1.54, 1.807) is 0 Å². The standard InChI is InChI=1S/C20H20F5N5O/c1-19(31,20(23,24)25)11-2-3-18-27-9-16(30(18)10-11)14-6-12(21)7-17(28-14)29-15-8-26-5-4-13(15)22/h2-3,6-7,9-10,13,15,26,31H,4-5,8H2,1H3,(H,28,29)/t13-,15-,19-/m0/s1. The highest BCUT2D eigenvalue weighted by atomic mass is 19.4. The summed E-state index contributed by atoms with van der Waals surface area (Å²) in [6.45, 7) is 1.55. The Morgan fingerprint density at radius 3 is 2.74 bits per heavy atom. The number of hydrogen-bond donors (Lipinski definition) is 3. The van der Waals surface area contributed by atoms with Crippen LogP contribution in [0, 0.1) is 5.82 Å². The first kappa shape index (κ1) is 21.4. The summed E-state index contributed by atoms with van der Waals surface area (Å²) >= 11 is 0. The Bertz CT molecular complexity index is 1100. The lowest BCUT2D eigenvalue weighted by Crippen LogP contribution is -2.46. The average Bonchev–Trinajstić information content (AvgIpc) is 3.12. The Hall–Kier alpha value is -2.79. The van der Waals surface area contributed by atoms with Crippen molar-refractivity contribution in [2.45, 2.75) is 37.3 Å². The molecule has 11 heteroatoms. The molecule has 0 amide bonds. The Balaban J connectivity index is 1.73.